The molecule has 11 nitrogen and oxygen atoms in total. The van der Waals surface area contributed by atoms with Crippen LogP contribution in [-0.4, -0.2) is 57.2 Å². The second-order valence-corrected chi connectivity index (χ2v) is 5.20. The maximum atomic E-state index is 10.1. The fourth-order valence-corrected chi connectivity index (χ4v) is 1.24. The highest BCUT2D eigenvalue weighted by Gasteiger charge is 2.19. The molecule has 0 aliphatic rings. The molecule has 0 fully saturated rings. The van der Waals surface area contributed by atoms with Crippen molar-refractivity contribution in [2.75, 3.05) is 13.2 Å². The molecule has 0 spiro atoms. The quantitative estimate of drug-likeness (QED) is 0.181. The number of hydrogen-bond acceptors (Lipinski definition) is 7. The SMILES string of the molecule is NCCCC[C@H](N)C(=O)O.N[C@@H](COP(=O)(O)O)C(=O)O. The zero-order valence-electron chi connectivity index (χ0n) is 11.3. The Labute approximate surface area is 121 Å². The Hall–Kier alpha value is -1.07. The predicted octanol–water partition coefficient (Wildman–Crippen LogP) is -1.97. The molecule has 2 atom stereocenters. The Bertz CT molecular complexity index is 361. The average molecular weight is 331 g/mol. The summed E-state index contributed by atoms with van der Waals surface area (Å²) in [6, 6.07) is -2.13. The zero-order valence-corrected chi connectivity index (χ0v) is 12.2. The Morgan fingerprint density at radius 2 is 1.52 bits per heavy atom. The Balaban J connectivity index is 0. The molecule has 10 N–H and O–H groups in total. The Kier molecular flexibility index (Phi) is 12.2. The molecule has 0 aliphatic carbocycles. The molecule has 0 aromatic rings. The molecule has 126 valence electrons. The van der Waals surface area contributed by atoms with E-state index in [-0.39, 0.29) is 0 Å². The molecule has 0 heterocycles. The summed E-state index contributed by atoms with van der Waals surface area (Å²) in [6.45, 7) is -0.105. The molecule has 0 aromatic carbocycles. The number of carbonyl (C=O) groups is 2. The maximum absolute atomic E-state index is 10.1. The Morgan fingerprint density at radius 3 is 1.86 bits per heavy atom. The van der Waals surface area contributed by atoms with Crippen molar-refractivity contribution < 1.29 is 38.7 Å². The van der Waals surface area contributed by atoms with Gasteiger partial charge in [-0.1, -0.05) is 6.42 Å². The normalized spacial score (nSPS) is 13.8. The van der Waals surface area contributed by atoms with Gasteiger partial charge in [-0.15, -0.1) is 0 Å². The van der Waals surface area contributed by atoms with Gasteiger partial charge in [0, 0.05) is 0 Å². The van der Waals surface area contributed by atoms with Gasteiger partial charge in [0.15, 0.2) is 0 Å². The summed E-state index contributed by atoms with van der Waals surface area (Å²) in [7, 11) is -4.60. The van der Waals surface area contributed by atoms with E-state index in [4.69, 9.17) is 37.2 Å². The van der Waals surface area contributed by atoms with E-state index in [0.717, 1.165) is 12.8 Å². The van der Waals surface area contributed by atoms with E-state index in [1.165, 1.54) is 0 Å². The predicted molar refractivity (Wildman–Crippen MR) is 72.1 cm³/mol. The van der Waals surface area contributed by atoms with Crippen molar-refractivity contribution in [3.8, 4) is 0 Å². The van der Waals surface area contributed by atoms with Crippen LogP contribution in [-0.2, 0) is 18.7 Å². The van der Waals surface area contributed by atoms with Gasteiger partial charge in [-0.05, 0) is 19.4 Å². The minimum absolute atomic E-state index is 0.520. The van der Waals surface area contributed by atoms with Crippen LogP contribution >= 0.6 is 7.82 Å². The summed E-state index contributed by atoms with van der Waals surface area (Å²) in [6.07, 6.45) is 2.16. The molecule has 0 radical (unpaired) electrons. The van der Waals surface area contributed by atoms with E-state index in [1.807, 2.05) is 0 Å². The van der Waals surface area contributed by atoms with Crippen LogP contribution in [0.5, 0.6) is 0 Å². The highest BCUT2D eigenvalue weighted by atomic mass is 31.2. The third-order valence-corrected chi connectivity index (χ3v) is 2.51. The third kappa shape index (κ3) is 16.9. The number of phosphoric acid groups is 1. The first-order chi connectivity index (χ1) is 9.51. The van der Waals surface area contributed by atoms with Crippen LogP contribution in [0.15, 0.2) is 0 Å². The van der Waals surface area contributed by atoms with Gasteiger partial charge in [0.1, 0.15) is 12.1 Å². The van der Waals surface area contributed by atoms with E-state index in [2.05, 4.69) is 4.52 Å². The molecule has 0 rings (SSSR count). The monoisotopic (exact) mass is 331 g/mol. The summed E-state index contributed by atoms with van der Waals surface area (Å²) < 4.78 is 13.8. The third-order valence-electron chi connectivity index (χ3n) is 2.03. The van der Waals surface area contributed by atoms with Gasteiger partial charge in [0.2, 0.25) is 0 Å². The molecular weight excluding hydrogens is 309 g/mol. The molecule has 0 unspecified atom stereocenters. The lowest BCUT2D eigenvalue weighted by atomic mass is 10.1. The van der Waals surface area contributed by atoms with Gasteiger partial charge < -0.3 is 37.2 Å². The lowest BCUT2D eigenvalue weighted by molar-refractivity contribution is -0.140. The average Bonchev–Trinajstić information content (AvgIpc) is 2.35. The minimum Gasteiger partial charge on any atom is -0.480 e. The summed E-state index contributed by atoms with van der Waals surface area (Å²) in [4.78, 5) is 36.3. The summed E-state index contributed by atoms with van der Waals surface area (Å²) in [5, 5.41) is 16.4. The second-order valence-electron chi connectivity index (χ2n) is 3.96. The fourth-order valence-electron chi connectivity index (χ4n) is 0.881. The minimum atomic E-state index is -4.60. The lowest BCUT2D eigenvalue weighted by Crippen LogP contribution is -2.34. The van der Waals surface area contributed by atoms with Crippen molar-refractivity contribution in [2.45, 2.75) is 31.3 Å². The van der Waals surface area contributed by atoms with Crippen LogP contribution in [0, 0.1) is 0 Å². The van der Waals surface area contributed by atoms with Crippen LogP contribution in [0.25, 0.3) is 0 Å². The molecule has 0 saturated carbocycles. The molecule has 0 saturated heterocycles. The largest absolute Gasteiger partial charge is 0.480 e. The summed E-state index contributed by atoms with van der Waals surface area (Å²) >= 11 is 0. The van der Waals surface area contributed by atoms with Crippen LogP contribution in [0.3, 0.4) is 0 Å². The van der Waals surface area contributed by atoms with Crippen LogP contribution in [0.4, 0.5) is 0 Å². The summed E-state index contributed by atoms with van der Waals surface area (Å²) in [5.41, 5.74) is 15.3. The van der Waals surface area contributed by atoms with E-state index in [0.29, 0.717) is 13.0 Å². The van der Waals surface area contributed by atoms with E-state index in [9.17, 15) is 14.2 Å². The maximum Gasteiger partial charge on any atom is 0.469 e. The molecular formula is C9H22N3O8P. The number of carboxylic acid groups (broad SMARTS) is 2. The zero-order chi connectivity index (χ0) is 17.1. The highest BCUT2D eigenvalue weighted by molar-refractivity contribution is 7.46. The van der Waals surface area contributed by atoms with Crippen LogP contribution < -0.4 is 17.2 Å². The van der Waals surface area contributed by atoms with Crippen molar-refractivity contribution in [3.05, 3.63) is 0 Å². The molecule has 0 aromatic heterocycles. The number of phosphoric ester groups is 1. The Morgan fingerprint density at radius 1 is 1.05 bits per heavy atom. The van der Waals surface area contributed by atoms with Crippen molar-refractivity contribution in [3.63, 3.8) is 0 Å². The number of hydrogen-bond donors (Lipinski definition) is 7. The first-order valence-electron chi connectivity index (χ1n) is 5.88. The van der Waals surface area contributed by atoms with E-state index >= 15 is 0 Å². The summed E-state index contributed by atoms with van der Waals surface area (Å²) in [5.74, 6) is -2.31. The van der Waals surface area contributed by atoms with E-state index in [1.54, 1.807) is 0 Å². The molecule has 0 bridgehead atoms. The number of aliphatic carboxylic acids is 2. The number of carboxylic acids is 2. The van der Waals surface area contributed by atoms with Gasteiger partial charge in [-0.25, -0.2) is 4.57 Å². The van der Waals surface area contributed by atoms with Crippen LogP contribution in [0.1, 0.15) is 19.3 Å². The molecule has 0 amide bonds. The first-order valence-corrected chi connectivity index (χ1v) is 7.41. The molecule has 0 aliphatic heterocycles. The smallest absolute Gasteiger partial charge is 0.469 e. The number of rotatable bonds is 9. The van der Waals surface area contributed by atoms with Crippen molar-refractivity contribution in [1.29, 1.82) is 0 Å². The van der Waals surface area contributed by atoms with Gasteiger partial charge in [0.25, 0.3) is 0 Å². The molecule has 12 heteroatoms. The van der Waals surface area contributed by atoms with Crippen molar-refractivity contribution in [2.24, 2.45) is 17.2 Å². The van der Waals surface area contributed by atoms with Gasteiger partial charge >= 0.3 is 19.8 Å². The highest BCUT2D eigenvalue weighted by Crippen LogP contribution is 2.35. The fraction of sp³-hybridized carbons (Fsp3) is 0.778. The lowest BCUT2D eigenvalue weighted by Gasteiger charge is -2.07. The number of nitrogens with two attached hydrogens (primary N) is 3. The number of unbranched alkanes of at least 4 members (excludes halogenated alkanes) is 1. The van der Waals surface area contributed by atoms with Crippen molar-refractivity contribution >= 4 is 19.8 Å². The van der Waals surface area contributed by atoms with Crippen LogP contribution in [0.2, 0.25) is 0 Å². The topological polar surface area (TPSA) is 219 Å². The van der Waals surface area contributed by atoms with Gasteiger partial charge in [-0.3, -0.25) is 14.1 Å². The van der Waals surface area contributed by atoms with Crippen molar-refractivity contribution in [1.82, 2.24) is 0 Å². The van der Waals surface area contributed by atoms with Gasteiger partial charge in [0.05, 0.1) is 6.61 Å². The standard InChI is InChI=1S/C6H14N2O2.C3H8NO6P/c7-4-2-1-3-5(8)6(9)10;4-2(3(5)6)1-10-11(7,8)9/h5H,1-4,7-8H2,(H,9,10);2H,1,4H2,(H,5,6)(H2,7,8,9)/t5-;2-/m00/s1. The second kappa shape index (κ2) is 11.6. The first kappa shape index (κ1) is 22.2. The van der Waals surface area contributed by atoms with Gasteiger partial charge in [-0.2, -0.15) is 0 Å². The van der Waals surface area contributed by atoms with E-state index < -0.39 is 38.5 Å². The molecule has 21 heavy (non-hydrogen) atoms.